The van der Waals surface area contributed by atoms with E-state index in [0.717, 1.165) is 0 Å². The molecule has 0 saturated heterocycles. The van der Waals surface area contributed by atoms with Crippen molar-refractivity contribution < 1.29 is 17.9 Å². The molecule has 1 N–H and O–H groups in total. The predicted octanol–water partition coefficient (Wildman–Crippen LogP) is 1.31. The summed E-state index contributed by atoms with van der Waals surface area (Å²) >= 11 is 0. The molecule has 0 radical (unpaired) electrons. The number of hydrogen-bond acceptors (Lipinski definition) is 6. The van der Waals surface area contributed by atoms with E-state index in [1.165, 1.54) is 19.5 Å². The SMILES string of the molecule is COc1ncc(NS(=O)(=O)CCOc2ccccc2)cn1. The second-order valence-electron chi connectivity index (χ2n) is 4.04. The molecular weight excluding hydrogens is 294 g/mol. The molecule has 0 saturated carbocycles. The molecule has 0 fully saturated rings. The number of para-hydroxylation sites is 1. The minimum Gasteiger partial charge on any atom is -0.492 e. The Bertz CT molecular complexity index is 660. The fraction of sp³-hybridized carbons (Fsp3) is 0.231. The van der Waals surface area contributed by atoms with Gasteiger partial charge >= 0.3 is 6.01 Å². The van der Waals surface area contributed by atoms with Gasteiger partial charge in [-0.3, -0.25) is 4.72 Å². The van der Waals surface area contributed by atoms with Gasteiger partial charge in [0.1, 0.15) is 18.1 Å². The molecule has 21 heavy (non-hydrogen) atoms. The van der Waals surface area contributed by atoms with E-state index in [9.17, 15) is 8.42 Å². The zero-order chi connectivity index (χ0) is 15.1. The lowest BCUT2D eigenvalue weighted by Crippen LogP contribution is -2.21. The summed E-state index contributed by atoms with van der Waals surface area (Å²) in [7, 11) is -2.09. The number of anilines is 1. The molecule has 1 heterocycles. The Kier molecular flexibility index (Phi) is 4.94. The average Bonchev–Trinajstić information content (AvgIpc) is 2.48. The van der Waals surface area contributed by atoms with Gasteiger partial charge in [-0.2, -0.15) is 0 Å². The van der Waals surface area contributed by atoms with E-state index in [1.807, 2.05) is 18.2 Å². The van der Waals surface area contributed by atoms with Crippen LogP contribution in [0.2, 0.25) is 0 Å². The van der Waals surface area contributed by atoms with Crippen molar-refractivity contribution in [2.75, 3.05) is 24.2 Å². The van der Waals surface area contributed by atoms with Crippen molar-refractivity contribution in [2.24, 2.45) is 0 Å². The number of hydrogen-bond donors (Lipinski definition) is 1. The lowest BCUT2D eigenvalue weighted by Gasteiger charge is -2.09. The maximum atomic E-state index is 11.9. The first kappa shape index (κ1) is 15.0. The molecule has 2 rings (SSSR count). The van der Waals surface area contributed by atoms with Gasteiger partial charge in [-0.15, -0.1) is 0 Å². The maximum absolute atomic E-state index is 11.9. The summed E-state index contributed by atoms with van der Waals surface area (Å²) in [5, 5.41) is 0. The third-order valence-electron chi connectivity index (χ3n) is 2.45. The van der Waals surface area contributed by atoms with Crippen LogP contribution in [0.3, 0.4) is 0 Å². The first-order chi connectivity index (χ1) is 10.1. The van der Waals surface area contributed by atoms with Crippen LogP contribution in [0.15, 0.2) is 42.7 Å². The van der Waals surface area contributed by atoms with Crippen LogP contribution in [-0.2, 0) is 10.0 Å². The number of aromatic nitrogens is 2. The third kappa shape index (κ3) is 4.92. The molecule has 112 valence electrons. The number of sulfonamides is 1. The molecule has 2 aromatic rings. The molecular formula is C13H15N3O4S. The van der Waals surface area contributed by atoms with E-state index in [2.05, 4.69) is 14.7 Å². The van der Waals surface area contributed by atoms with Gasteiger partial charge in [-0.05, 0) is 12.1 Å². The molecule has 8 heteroatoms. The van der Waals surface area contributed by atoms with Gasteiger partial charge in [-0.1, -0.05) is 18.2 Å². The molecule has 0 bridgehead atoms. The van der Waals surface area contributed by atoms with Crippen LogP contribution in [0.1, 0.15) is 0 Å². The molecule has 1 aromatic carbocycles. The van der Waals surface area contributed by atoms with Gasteiger partial charge < -0.3 is 9.47 Å². The standard InChI is InChI=1S/C13H15N3O4S/c1-19-13-14-9-11(10-15-13)16-21(17,18)8-7-20-12-5-3-2-4-6-12/h2-6,9-10,16H,7-8H2,1H3. The average molecular weight is 309 g/mol. The lowest BCUT2D eigenvalue weighted by atomic mass is 10.3. The maximum Gasteiger partial charge on any atom is 0.316 e. The van der Waals surface area contributed by atoms with Crippen LogP contribution in [0.4, 0.5) is 5.69 Å². The summed E-state index contributed by atoms with van der Waals surface area (Å²) in [6, 6.07) is 9.18. The van der Waals surface area contributed by atoms with Crippen molar-refractivity contribution in [3.05, 3.63) is 42.7 Å². The van der Waals surface area contributed by atoms with Crippen molar-refractivity contribution >= 4 is 15.7 Å². The van der Waals surface area contributed by atoms with Gasteiger partial charge in [0, 0.05) is 0 Å². The third-order valence-corrected chi connectivity index (χ3v) is 3.70. The highest BCUT2D eigenvalue weighted by Gasteiger charge is 2.11. The molecule has 0 spiro atoms. The van der Waals surface area contributed by atoms with E-state index < -0.39 is 10.0 Å². The Morgan fingerprint density at radius 1 is 1.14 bits per heavy atom. The number of methoxy groups -OCH3 is 1. The van der Waals surface area contributed by atoms with E-state index >= 15 is 0 Å². The van der Waals surface area contributed by atoms with E-state index in [4.69, 9.17) is 9.47 Å². The van der Waals surface area contributed by atoms with E-state index in [1.54, 1.807) is 12.1 Å². The number of nitrogens with zero attached hydrogens (tertiary/aromatic N) is 2. The first-order valence-electron chi connectivity index (χ1n) is 6.13. The fourth-order valence-corrected chi connectivity index (χ4v) is 2.36. The molecule has 0 atom stereocenters. The summed E-state index contributed by atoms with van der Waals surface area (Å²) in [5.41, 5.74) is 0.274. The minimum absolute atomic E-state index is 0.0519. The summed E-state index contributed by atoms with van der Waals surface area (Å²) in [6.07, 6.45) is 2.67. The van der Waals surface area contributed by atoms with Crippen molar-refractivity contribution in [1.82, 2.24) is 9.97 Å². The topological polar surface area (TPSA) is 90.4 Å². The first-order valence-corrected chi connectivity index (χ1v) is 7.79. The van der Waals surface area contributed by atoms with Gasteiger partial charge in [-0.25, -0.2) is 18.4 Å². The van der Waals surface area contributed by atoms with Crippen molar-refractivity contribution in [3.63, 3.8) is 0 Å². The summed E-state index contributed by atoms with van der Waals surface area (Å²) in [5.74, 6) is 0.453. The van der Waals surface area contributed by atoms with Crippen LogP contribution < -0.4 is 14.2 Å². The molecule has 0 aliphatic heterocycles. The number of nitrogens with one attached hydrogen (secondary N) is 1. The molecule has 0 unspecified atom stereocenters. The highest BCUT2D eigenvalue weighted by atomic mass is 32.2. The minimum atomic E-state index is -3.52. The monoisotopic (exact) mass is 309 g/mol. The van der Waals surface area contributed by atoms with Crippen LogP contribution >= 0.6 is 0 Å². The Morgan fingerprint density at radius 3 is 2.43 bits per heavy atom. The number of ether oxygens (including phenoxy) is 2. The van der Waals surface area contributed by atoms with Crippen LogP contribution in [-0.4, -0.2) is 37.9 Å². The Morgan fingerprint density at radius 2 is 1.81 bits per heavy atom. The lowest BCUT2D eigenvalue weighted by molar-refractivity contribution is 0.341. The second kappa shape index (κ2) is 6.89. The summed E-state index contributed by atoms with van der Waals surface area (Å²) < 4.78 is 36.2. The molecule has 7 nitrogen and oxygen atoms in total. The van der Waals surface area contributed by atoms with Gasteiger partial charge in [0.15, 0.2) is 0 Å². The highest BCUT2D eigenvalue weighted by Crippen LogP contribution is 2.10. The van der Waals surface area contributed by atoms with Crippen LogP contribution in [0.5, 0.6) is 11.8 Å². The predicted molar refractivity (Wildman–Crippen MR) is 77.9 cm³/mol. The van der Waals surface area contributed by atoms with Crippen molar-refractivity contribution in [3.8, 4) is 11.8 Å². The van der Waals surface area contributed by atoms with Crippen LogP contribution in [0, 0.1) is 0 Å². The Labute approximate surface area is 123 Å². The van der Waals surface area contributed by atoms with E-state index in [-0.39, 0.29) is 24.1 Å². The zero-order valence-corrected chi connectivity index (χ0v) is 12.2. The molecule has 0 amide bonds. The second-order valence-corrected chi connectivity index (χ2v) is 5.88. The van der Waals surface area contributed by atoms with Crippen molar-refractivity contribution in [1.29, 1.82) is 0 Å². The fourth-order valence-electron chi connectivity index (χ4n) is 1.49. The summed E-state index contributed by atoms with van der Waals surface area (Å²) in [6.45, 7) is 0.0519. The molecule has 1 aromatic heterocycles. The Hall–Kier alpha value is -2.35. The zero-order valence-electron chi connectivity index (χ0n) is 11.4. The normalized spacial score (nSPS) is 10.9. The smallest absolute Gasteiger partial charge is 0.316 e. The van der Waals surface area contributed by atoms with Gasteiger partial charge in [0.05, 0.1) is 25.2 Å². The van der Waals surface area contributed by atoms with Crippen molar-refractivity contribution in [2.45, 2.75) is 0 Å². The van der Waals surface area contributed by atoms with Crippen LogP contribution in [0.25, 0.3) is 0 Å². The van der Waals surface area contributed by atoms with Gasteiger partial charge in [0.2, 0.25) is 10.0 Å². The summed E-state index contributed by atoms with van der Waals surface area (Å²) in [4.78, 5) is 7.64. The highest BCUT2D eigenvalue weighted by molar-refractivity contribution is 7.92. The Balaban J connectivity index is 1.86. The van der Waals surface area contributed by atoms with E-state index in [0.29, 0.717) is 5.75 Å². The number of rotatable bonds is 7. The largest absolute Gasteiger partial charge is 0.492 e. The van der Waals surface area contributed by atoms with Gasteiger partial charge in [0.25, 0.3) is 0 Å². The number of benzene rings is 1. The molecule has 0 aliphatic carbocycles. The molecule has 0 aliphatic rings. The quantitative estimate of drug-likeness (QED) is 0.829.